The van der Waals surface area contributed by atoms with Crippen molar-refractivity contribution in [3.63, 3.8) is 0 Å². The van der Waals surface area contributed by atoms with E-state index >= 15 is 0 Å². The summed E-state index contributed by atoms with van der Waals surface area (Å²) < 4.78 is 54.1. The zero-order chi connectivity index (χ0) is 26.0. The average molecular weight is 602 g/mol. The monoisotopic (exact) mass is 600 g/mol. The summed E-state index contributed by atoms with van der Waals surface area (Å²) in [6.45, 7) is 1.98. The second kappa shape index (κ2) is 10.8. The topological polar surface area (TPSA) is 104 Å². The third kappa shape index (κ3) is 5.41. The maximum absolute atomic E-state index is 13.5. The van der Waals surface area contributed by atoms with Gasteiger partial charge in [-0.2, -0.15) is 9.40 Å². The maximum atomic E-state index is 13.5. The number of ether oxygens (including phenoxy) is 2. The fourth-order valence-electron chi connectivity index (χ4n) is 4.06. The molecule has 2 aromatic heterocycles. The zero-order valence-corrected chi connectivity index (χ0v) is 22.6. The van der Waals surface area contributed by atoms with Crippen LogP contribution in [0.4, 0.5) is 4.39 Å². The molecule has 1 aliphatic carbocycles. The van der Waals surface area contributed by atoms with E-state index < -0.39 is 27.9 Å². The van der Waals surface area contributed by atoms with Crippen molar-refractivity contribution in [2.75, 3.05) is 13.7 Å². The molecule has 2 heterocycles. The van der Waals surface area contributed by atoms with Crippen molar-refractivity contribution in [2.45, 2.75) is 43.7 Å². The molecule has 36 heavy (non-hydrogen) atoms. The molecule has 4 rings (SSSR count). The lowest BCUT2D eigenvalue weighted by Gasteiger charge is -2.30. The third-order valence-corrected chi connectivity index (χ3v) is 8.51. The predicted molar refractivity (Wildman–Crippen MR) is 133 cm³/mol. The molecular weight excluding hydrogens is 579 g/mol. The van der Waals surface area contributed by atoms with Crippen LogP contribution in [0.3, 0.4) is 0 Å². The van der Waals surface area contributed by atoms with Gasteiger partial charge in [0, 0.05) is 18.3 Å². The SMILES string of the molecule is CCOC(=O)Cn1ncc2c1CCCC2N(C)S(=O)(=O)c1cnc(Oc2ccc(F)cc2Cl)c(Br)c1. The number of hydrogen-bond acceptors (Lipinski definition) is 7. The van der Waals surface area contributed by atoms with Crippen molar-refractivity contribution in [3.05, 3.63) is 63.2 Å². The highest BCUT2D eigenvalue weighted by Gasteiger charge is 2.35. The van der Waals surface area contributed by atoms with Crippen molar-refractivity contribution >= 4 is 43.5 Å². The molecule has 0 aliphatic heterocycles. The Morgan fingerprint density at radius 3 is 2.81 bits per heavy atom. The number of carbonyl (C=O) groups excluding carboxylic acids is 1. The Bertz CT molecular complexity index is 1400. The lowest BCUT2D eigenvalue weighted by Crippen LogP contribution is -2.33. The highest BCUT2D eigenvalue weighted by molar-refractivity contribution is 9.10. The molecule has 192 valence electrons. The summed E-state index contributed by atoms with van der Waals surface area (Å²) in [5.41, 5.74) is 1.58. The Hall–Kier alpha value is -2.54. The molecule has 0 spiro atoms. The molecule has 0 fully saturated rings. The van der Waals surface area contributed by atoms with E-state index in [2.05, 4.69) is 26.0 Å². The number of fused-ring (bicyclic) bond motifs is 1. The second-order valence-electron chi connectivity index (χ2n) is 8.07. The quantitative estimate of drug-likeness (QED) is 0.339. The van der Waals surface area contributed by atoms with Gasteiger partial charge in [-0.3, -0.25) is 9.48 Å². The Kier molecular flexibility index (Phi) is 7.98. The van der Waals surface area contributed by atoms with Crippen molar-refractivity contribution in [1.82, 2.24) is 19.1 Å². The molecule has 1 aromatic carbocycles. The van der Waals surface area contributed by atoms with Crippen molar-refractivity contribution in [2.24, 2.45) is 0 Å². The zero-order valence-electron chi connectivity index (χ0n) is 19.4. The highest BCUT2D eigenvalue weighted by atomic mass is 79.9. The highest BCUT2D eigenvalue weighted by Crippen LogP contribution is 2.38. The van der Waals surface area contributed by atoms with E-state index in [0.717, 1.165) is 23.7 Å². The van der Waals surface area contributed by atoms with Crippen LogP contribution in [-0.2, 0) is 32.5 Å². The van der Waals surface area contributed by atoms with Crippen LogP contribution < -0.4 is 4.74 Å². The molecule has 9 nitrogen and oxygen atoms in total. The molecule has 0 radical (unpaired) electrons. The van der Waals surface area contributed by atoms with Crippen LogP contribution in [0.15, 0.2) is 46.0 Å². The maximum Gasteiger partial charge on any atom is 0.327 e. The number of rotatable bonds is 8. The number of aromatic nitrogens is 3. The van der Waals surface area contributed by atoms with Gasteiger partial charge < -0.3 is 9.47 Å². The summed E-state index contributed by atoms with van der Waals surface area (Å²) in [4.78, 5) is 16.0. The summed E-state index contributed by atoms with van der Waals surface area (Å²) in [6, 6.07) is 4.58. The Morgan fingerprint density at radius 1 is 1.33 bits per heavy atom. The third-order valence-electron chi connectivity index (χ3n) is 5.81. The van der Waals surface area contributed by atoms with Crippen LogP contribution in [0.25, 0.3) is 0 Å². The summed E-state index contributed by atoms with van der Waals surface area (Å²) in [5.74, 6) is -0.660. The number of hydrogen-bond donors (Lipinski definition) is 0. The fraction of sp³-hybridized carbons (Fsp3) is 0.348. The Morgan fingerprint density at radius 2 is 2.11 bits per heavy atom. The van der Waals surface area contributed by atoms with Crippen LogP contribution in [0.2, 0.25) is 5.02 Å². The van der Waals surface area contributed by atoms with Gasteiger partial charge in [0.2, 0.25) is 15.9 Å². The summed E-state index contributed by atoms with van der Waals surface area (Å²) in [6.07, 6.45) is 4.83. The molecule has 0 bridgehead atoms. The molecule has 1 atom stereocenters. The van der Waals surface area contributed by atoms with Crippen LogP contribution in [0, 0.1) is 5.82 Å². The van der Waals surface area contributed by atoms with Gasteiger partial charge in [0.05, 0.1) is 34.5 Å². The number of benzene rings is 1. The van der Waals surface area contributed by atoms with Crippen LogP contribution in [0.1, 0.15) is 37.1 Å². The van der Waals surface area contributed by atoms with Crippen LogP contribution in [0.5, 0.6) is 11.6 Å². The summed E-state index contributed by atoms with van der Waals surface area (Å²) in [7, 11) is -2.44. The van der Waals surface area contributed by atoms with Crippen molar-refractivity contribution in [1.29, 1.82) is 0 Å². The smallest absolute Gasteiger partial charge is 0.327 e. The molecule has 0 amide bonds. The van der Waals surface area contributed by atoms with E-state index in [1.807, 2.05) is 0 Å². The van der Waals surface area contributed by atoms with Gasteiger partial charge in [0.25, 0.3) is 0 Å². The minimum atomic E-state index is -3.95. The number of nitrogens with zero attached hydrogens (tertiary/aromatic N) is 4. The lowest BCUT2D eigenvalue weighted by atomic mass is 9.93. The van der Waals surface area contributed by atoms with E-state index in [9.17, 15) is 17.6 Å². The molecule has 0 saturated heterocycles. The van der Waals surface area contributed by atoms with Gasteiger partial charge in [-0.15, -0.1) is 0 Å². The van der Waals surface area contributed by atoms with Crippen LogP contribution in [-0.4, -0.2) is 47.1 Å². The first-order valence-electron chi connectivity index (χ1n) is 11.1. The molecule has 0 saturated carbocycles. The molecule has 1 unspecified atom stereocenters. The van der Waals surface area contributed by atoms with E-state index in [4.69, 9.17) is 21.1 Å². The molecule has 1 aliphatic rings. The number of sulfonamides is 1. The fourth-order valence-corrected chi connectivity index (χ4v) is 6.18. The van der Waals surface area contributed by atoms with E-state index in [0.29, 0.717) is 12.8 Å². The van der Waals surface area contributed by atoms with Crippen LogP contribution >= 0.6 is 27.5 Å². The Balaban J connectivity index is 1.57. The first-order valence-corrected chi connectivity index (χ1v) is 13.7. The molecule has 13 heteroatoms. The number of halogens is 3. The van der Waals surface area contributed by atoms with E-state index in [-0.39, 0.29) is 39.2 Å². The van der Waals surface area contributed by atoms with Gasteiger partial charge in [0.15, 0.2) is 0 Å². The predicted octanol–water partition coefficient (Wildman–Crippen LogP) is 4.89. The molecular formula is C23H23BrClFN4O5S. The lowest BCUT2D eigenvalue weighted by molar-refractivity contribution is -0.144. The molecule has 0 N–H and O–H groups in total. The number of esters is 1. The number of pyridine rings is 1. The van der Waals surface area contributed by atoms with Gasteiger partial charge in [-0.25, -0.2) is 17.8 Å². The first kappa shape index (κ1) is 26.5. The Labute approximate surface area is 221 Å². The average Bonchev–Trinajstić information content (AvgIpc) is 3.24. The van der Waals surface area contributed by atoms with Gasteiger partial charge >= 0.3 is 5.97 Å². The minimum absolute atomic E-state index is 0.0250. The van der Waals surface area contributed by atoms with Crippen molar-refractivity contribution < 1.29 is 27.1 Å². The molecule has 3 aromatic rings. The first-order chi connectivity index (χ1) is 17.1. The second-order valence-corrected chi connectivity index (χ2v) is 11.3. The van der Waals surface area contributed by atoms with E-state index in [1.165, 1.54) is 35.7 Å². The van der Waals surface area contributed by atoms with Gasteiger partial charge in [0.1, 0.15) is 23.0 Å². The standard InChI is InChI=1S/C23H23BrClFN4O5S/c1-3-34-22(31)13-30-20-6-4-5-19(16(20)12-28-30)29(2)36(32,33)15-10-17(24)23(27-11-15)35-21-8-7-14(26)9-18(21)25/h7-12,19H,3-6,13H2,1-2H3. The minimum Gasteiger partial charge on any atom is -0.465 e. The van der Waals surface area contributed by atoms with Gasteiger partial charge in [-0.05, 0) is 66.4 Å². The normalized spacial score (nSPS) is 15.6. The largest absolute Gasteiger partial charge is 0.465 e. The van der Waals surface area contributed by atoms with Crippen molar-refractivity contribution in [3.8, 4) is 11.6 Å². The number of carbonyl (C=O) groups is 1. The summed E-state index contributed by atoms with van der Waals surface area (Å²) >= 11 is 9.31. The van der Waals surface area contributed by atoms with E-state index in [1.54, 1.807) is 17.8 Å². The van der Waals surface area contributed by atoms with Gasteiger partial charge in [-0.1, -0.05) is 11.6 Å². The summed E-state index contributed by atoms with van der Waals surface area (Å²) in [5, 5.41) is 4.36.